The monoisotopic (exact) mass is 173 g/mol. The predicted octanol–water partition coefficient (Wildman–Crippen LogP) is 3.30. The molecule has 1 heterocycles. The van der Waals surface area contributed by atoms with E-state index in [0.717, 1.165) is 17.2 Å². The maximum absolute atomic E-state index is 4.44. The Kier molecular flexibility index (Phi) is 1.95. The maximum atomic E-state index is 4.44. The molecule has 0 bridgehead atoms. The molecule has 1 aromatic rings. The lowest BCUT2D eigenvalue weighted by Gasteiger charge is -2.05. The van der Waals surface area contributed by atoms with Gasteiger partial charge in [0.1, 0.15) is 0 Å². The number of allylic oxidation sites excluding steroid dienone is 1. The standard InChI is InChI=1S/C12H15N/c1-8(2)12-9(3)6-11(7-13-12)10-4-5-10/h6-7,10H,1,4-5H2,2-3H3. The second-order valence-electron chi connectivity index (χ2n) is 3.99. The topological polar surface area (TPSA) is 12.9 Å². The summed E-state index contributed by atoms with van der Waals surface area (Å²) in [7, 11) is 0. The quantitative estimate of drug-likeness (QED) is 0.668. The van der Waals surface area contributed by atoms with Gasteiger partial charge in [-0.1, -0.05) is 12.6 Å². The summed E-state index contributed by atoms with van der Waals surface area (Å²) in [5, 5.41) is 0. The van der Waals surface area contributed by atoms with Gasteiger partial charge < -0.3 is 0 Å². The molecule has 0 unspecified atom stereocenters. The number of hydrogen-bond donors (Lipinski definition) is 0. The van der Waals surface area contributed by atoms with Gasteiger partial charge in [-0.05, 0) is 49.3 Å². The van der Waals surface area contributed by atoms with Gasteiger partial charge in [-0.3, -0.25) is 4.98 Å². The van der Waals surface area contributed by atoms with Crippen LogP contribution in [0.4, 0.5) is 0 Å². The second-order valence-corrected chi connectivity index (χ2v) is 3.99. The van der Waals surface area contributed by atoms with Gasteiger partial charge in [-0.25, -0.2) is 0 Å². The highest BCUT2D eigenvalue weighted by atomic mass is 14.7. The first kappa shape index (κ1) is 8.49. The average molecular weight is 173 g/mol. The van der Waals surface area contributed by atoms with Crippen LogP contribution in [-0.2, 0) is 0 Å². The molecule has 1 aromatic heterocycles. The fourth-order valence-electron chi connectivity index (χ4n) is 1.68. The van der Waals surface area contributed by atoms with E-state index in [9.17, 15) is 0 Å². The molecule has 1 nitrogen and oxygen atoms in total. The SMILES string of the molecule is C=C(C)c1ncc(C2CC2)cc1C. The Labute approximate surface area is 79.5 Å². The summed E-state index contributed by atoms with van der Waals surface area (Å²) in [6.07, 6.45) is 4.69. The summed E-state index contributed by atoms with van der Waals surface area (Å²) in [6, 6.07) is 2.26. The van der Waals surface area contributed by atoms with Crippen LogP contribution in [0.25, 0.3) is 5.57 Å². The van der Waals surface area contributed by atoms with Crippen molar-refractivity contribution in [1.29, 1.82) is 0 Å². The molecule has 68 valence electrons. The van der Waals surface area contributed by atoms with Crippen molar-refractivity contribution >= 4 is 5.57 Å². The zero-order valence-electron chi connectivity index (χ0n) is 8.30. The van der Waals surface area contributed by atoms with Gasteiger partial charge >= 0.3 is 0 Å². The summed E-state index contributed by atoms with van der Waals surface area (Å²) >= 11 is 0. The van der Waals surface area contributed by atoms with Crippen LogP contribution in [0.15, 0.2) is 18.8 Å². The van der Waals surface area contributed by atoms with Crippen molar-refractivity contribution < 1.29 is 0 Å². The zero-order valence-corrected chi connectivity index (χ0v) is 8.30. The van der Waals surface area contributed by atoms with Crippen molar-refractivity contribution in [3.63, 3.8) is 0 Å². The maximum Gasteiger partial charge on any atom is 0.0682 e. The molecule has 0 aromatic carbocycles. The third-order valence-corrected chi connectivity index (χ3v) is 2.55. The van der Waals surface area contributed by atoms with Gasteiger partial charge in [0.25, 0.3) is 0 Å². The molecule has 0 atom stereocenters. The fourth-order valence-corrected chi connectivity index (χ4v) is 1.68. The summed E-state index contributed by atoms with van der Waals surface area (Å²) in [5.74, 6) is 0.797. The van der Waals surface area contributed by atoms with E-state index in [1.807, 2.05) is 13.1 Å². The molecule has 0 radical (unpaired) electrons. The minimum Gasteiger partial charge on any atom is -0.256 e. The van der Waals surface area contributed by atoms with Gasteiger partial charge in [0, 0.05) is 6.20 Å². The lowest BCUT2D eigenvalue weighted by atomic mass is 10.1. The van der Waals surface area contributed by atoms with Gasteiger partial charge in [-0.2, -0.15) is 0 Å². The molecule has 1 aliphatic carbocycles. The molecule has 1 saturated carbocycles. The summed E-state index contributed by atoms with van der Waals surface area (Å²) in [6.45, 7) is 8.03. The predicted molar refractivity (Wildman–Crippen MR) is 55.7 cm³/mol. The largest absolute Gasteiger partial charge is 0.256 e. The Hall–Kier alpha value is -1.11. The lowest BCUT2D eigenvalue weighted by molar-refractivity contribution is 1.07. The zero-order chi connectivity index (χ0) is 9.42. The minimum absolute atomic E-state index is 0.797. The normalized spacial score (nSPS) is 15.8. The van der Waals surface area contributed by atoms with Crippen LogP contribution in [0.1, 0.15) is 42.5 Å². The number of rotatable bonds is 2. The highest BCUT2D eigenvalue weighted by Gasteiger charge is 2.24. The highest BCUT2D eigenvalue weighted by molar-refractivity contribution is 5.61. The number of aryl methyl sites for hydroxylation is 1. The molecule has 1 aliphatic rings. The molecule has 0 saturated heterocycles. The Bertz CT molecular complexity index is 348. The van der Waals surface area contributed by atoms with Crippen LogP contribution in [-0.4, -0.2) is 4.98 Å². The molecule has 0 N–H and O–H groups in total. The van der Waals surface area contributed by atoms with Crippen LogP contribution in [0.5, 0.6) is 0 Å². The smallest absolute Gasteiger partial charge is 0.0682 e. The summed E-state index contributed by atoms with van der Waals surface area (Å²) in [4.78, 5) is 4.44. The van der Waals surface area contributed by atoms with E-state index >= 15 is 0 Å². The molecule has 0 amide bonds. The van der Waals surface area contributed by atoms with Crippen LogP contribution in [0, 0.1) is 6.92 Å². The van der Waals surface area contributed by atoms with Crippen LogP contribution in [0.2, 0.25) is 0 Å². The molecular weight excluding hydrogens is 158 g/mol. The van der Waals surface area contributed by atoms with E-state index in [1.54, 1.807) is 0 Å². The summed E-state index contributed by atoms with van der Waals surface area (Å²) in [5.41, 5.74) is 4.78. The average Bonchev–Trinajstić information content (AvgIpc) is 2.85. The van der Waals surface area contributed by atoms with E-state index < -0.39 is 0 Å². The van der Waals surface area contributed by atoms with Crippen molar-refractivity contribution in [1.82, 2.24) is 4.98 Å². The van der Waals surface area contributed by atoms with Crippen LogP contribution < -0.4 is 0 Å². The first-order valence-electron chi connectivity index (χ1n) is 4.81. The van der Waals surface area contributed by atoms with E-state index in [1.165, 1.54) is 24.0 Å². The van der Waals surface area contributed by atoms with Gasteiger partial charge in [0.2, 0.25) is 0 Å². The van der Waals surface area contributed by atoms with Crippen molar-refractivity contribution in [2.45, 2.75) is 32.6 Å². The molecule has 13 heavy (non-hydrogen) atoms. The Morgan fingerprint density at radius 3 is 2.69 bits per heavy atom. The highest BCUT2D eigenvalue weighted by Crippen LogP contribution is 2.40. The van der Waals surface area contributed by atoms with Gasteiger partial charge in [-0.15, -0.1) is 0 Å². The number of aromatic nitrogens is 1. The third-order valence-electron chi connectivity index (χ3n) is 2.55. The van der Waals surface area contributed by atoms with Crippen molar-refractivity contribution in [3.05, 3.63) is 35.7 Å². The first-order valence-corrected chi connectivity index (χ1v) is 4.81. The van der Waals surface area contributed by atoms with E-state index in [4.69, 9.17) is 0 Å². The molecular formula is C12H15N. The van der Waals surface area contributed by atoms with Crippen molar-refractivity contribution in [3.8, 4) is 0 Å². The molecule has 1 fully saturated rings. The van der Waals surface area contributed by atoms with Gasteiger partial charge in [0.15, 0.2) is 0 Å². The minimum atomic E-state index is 0.797. The van der Waals surface area contributed by atoms with Gasteiger partial charge in [0.05, 0.1) is 5.69 Å². The van der Waals surface area contributed by atoms with E-state index in [2.05, 4.69) is 24.6 Å². The second kappa shape index (κ2) is 2.99. The Morgan fingerprint density at radius 1 is 1.54 bits per heavy atom. The fraction of sp³-hybridized carbons (Fsp3) is 0.417. The Morgan fingerprint density at radius 2 is 2.23 bits per heavy atom. The van der Waals surface area contributed by atoms with Crippen LogP contribution in [0.3, 0.4) is 0 Å². The van der Waals surface area contributed by atoms with Crippen molar-refractivity contribution in [2.75, 3.05) is 0 Å². The van der Waals surface area contributed by atoms with Crippen LogP contribution >= 0.6 is 0 Å². The first-order chi connectivity index (χ1) is 6.18. The molecule has 2 rings (SSSR count). The third kappa shape index (κ3) is 1.64. The lowest BCUT2D eigenvalue weighted by Crippen LogP contribution is -1.92. The van der Waals surface area contributed by atoms with Crippen molar-refractivity contribution in [2.24, 2.45) is 0 Å². The van der Waals surface area contributed by atoms with E-state index in [-0.39, 0.29) is 0 Å². The molecule has 0 aliphatic heterocycles. The Balaban J connectivity index is 2.36. The number of pyridine rings is 1. The number of hydrogen-bond acceptors (Lipinski definition) is 1. The molecule has 0 spiro atoms. The number of nitrogens with zero attached hydrogens (tertiary/aromatic N) is 1. The molecule has 1 heteroatoms. The van der Waals surface area contributed by atoms with E-state index in [0.29, 0.717) is 0 Å². The summed E-state index contributed by atoms with van der Waals surface area (Å²) < 4.78 is 0.